The van der Waals surface area contributed by atoms with Gasteiger partial charge in [0.1, 0.15) is 11.9 Å². The highest BCUT2D eigenvalue weighted by atomic mass is 16.5. The van der Waals surface area contributed by atoms with Gasteiger partial charge in [-0.2, -0.15) is 10.2 Å². The molecule has 134 valence electrons. The Morgan fingerprint density at radius 1 is 1.42 bits per heavy atom. The lowest BCUT2D eigenvalue weighted by atomic mass is 9.92. The van der Waals surface area contributed by atoms with Gasteiger partial charge in [0.05, 0.1) is 24.3 Å². The molecule has 8 nitrogen and oxygen atoms in total. The van der Waals surface area contributed by atoms with Crippen LogP contribution >= 0.6 is 0 Å². The molecule has 1 aromatic heterocycles. The molecule has 3 N–H and O–H groups in total. The molecule has 1 saturated carbocycles. The molecule has 0 bridgehead atoms. The highest BCUT2D eigenvalue weighted by Crippen LogP contribution is 2.31. The number of nitrogens with two attached hydrogens (primary N) is 1. The fourth-order valence-corrected chi connectivity index (χ4v) is 2.59. The van der Waals surface area contributed by atoms with Crippen LogP contribution in [0.5, 0.6) is 5.88 Å². The number of nitriles is 1. The summed E-state index contributed by atoms with van der Waals surface area (Å²) in [6, 6.07) is 8.77. The Hall–Kier alpha value is -3.18. The summed E-state index contributed by atoms with van der Waals surface area (Å²) in [5, 5.41) is 18.5. The Balaban J connectivity index is 2.03. The number of nitrogens with zero attached hydrogens (tertiary/aromatic N) is 3. The standard InChI is InChI=1S/C18H18N4O4/c1-2-25-18(24)14-15(20)21-16(11-5-3-4-10(6-11)9-19)22-17(14)26-13-7-12(23)8-13/h3-6,12-13,23H,2,7-8H2,1H3,(H2,20,21,22)/t12-,13+. The van der Waals surface area contributed by atoms with Gasteiger partial charge < -0.3 is 20.3 Å². The van der Waals surface area contributed by atoms with Crippen molar-refractivity contribution in [2.45, 2.75) is 32.0 Å². The molecular weight excluding hydrogens is 336 g/mol. The number of hydrogen-bond donors (Lipinski definition) is 2. The van der Waals surface area contributed by atoms with E-state index < -0.39 is 12.1 Å². The fraction of sp³-hybridized carbons (Fsp3) is 0.333. The van der Waals surface area contributed by atoms with Gasteiger partial charge in [0.25, 0.3) is 0 Å². The molecule has 26 heavy (non-hydrogen) atoms. The van der Waals surface area contributed by atoms with E-state index in [-0.39, 0.29) is 35.8 Å². The highest BCUT2D eigenvalue weighted by molar-refractivity contribution is 5.97. The first-order valence-corrected chi connectivity index (χ1v) is 8.21. The molecule has 0 radical (unpaired) electrons. The van der Waals surface area contributed by atoms with Crippen molar-refractivity contribution in [3.63, 3.8) is 0 Å². The van der Waals surface area contributed by atoms with E-state index in [1.807, 2.05) is 6.07 Å². The van der Waals surface area contributed by atoms with E-state index in [1.165, 1.54) is 0 Å². The van der Waals surface area contributed by atoms with Crippen molar-refractivity contribution in [1.82, 2.24) is 9.97 Å². The van der Waals surface area contributed by atoms with Crippen LogP contribution in [0, 0.1) is 11.3 Å². The van der Waals surface area contributed by atoms with E-state index in [0.717, 1.165) is 0 Å². The second-order valence-electron chi connectivity index (χ2n) is 5.89. The molecule has 0 atom stereocenters. The average Bonchev–Trinajstić information content (AvgIpc) is 2.60. The van der Waals surface area contributed by atoms with Crippen molar-refractivity contribution in [2.75, 3.05) is 12.3 Å². The van der Waals surface area contributed by atoms with Crippen LogP contribution in [0.3, 0.4) is 0 Å². The number of aromatic nitrogens is 2. The normalized spacial score (nSPS) is 18.5. The minimum atomic E-state index is -0.669. The number of esters is 1. The van der Waals surface area contributed by atoms with E-state index in [4.69, 9.17) is 20.5 Å². The topological polar surface area (TPSA) is 131 Å². The van der Waals surface area contributed by atoms with Gasteiger partial charge in [-0.3, -0.25) is 0 Å². The molecule has 1 aliphatic carbocycles. The third kappa shape index (κ3) is 3.58. The number of rotatable bonds is 5. The van der Waals surface area contributed by atoms with Crippen molar-refractivity contribution < 1.29 is 19.4 Å². The maximum Gasteiger partial charge on any atom is 0.347 e. The first-order chi connectivity index (χ1) is 12.5. The zero-order valence-corrected chi connectivity index (χ0v) is 14.2. The van der Waals surface area contributed by atoms with Crippen LogP contribution in [0.4, 0.5) is 5.82 Å². The van der Waals surface area contributed by atoms with Crippen LogP contribution < -0.4 is 10.5 Å². The monoisotopic (exact) mass is 354 g/mol. The molecule has 0 unspecified atom stereocenters. The van der Waals surface area contributed by atoms with E-state index in [9.17, 15) is 9.90 Å². The van der Waals surface area contributed by atoms with E-state index in [0.29, 0.717) is 24.0 Å². The quantitative estimate of drug-likeness (QED) is 0.775. The maximum absolute atomic E-state index is 12.2. The molecule has 2 aromatic rings. The Morgan fingerprint density at radius 2 is 2.19 bits per heavy atom. The van der Waals surface area contributed by atoms with Crippen LogP contribution in [0.2, 0.25) is 0 Å². The minimum absolute atomic E-state index is 0.0187. The zero-order chi connectivity index (χ0) is 18.7. The molecule has 0 amide bonds. The third-order valence-electron chi connectivity index (χ3n) is 3.98. The zero-order valence-electron chi connectivity index (χ0n) is 14.2. The first kappa shape index (κ1) is 17.6. The van der Waals surface area contributed by atoms with Crippen molar-refractivity contribution in [2.24, 2.45) is 0 Å². The lowest BCUT2D eigenvalue weighted by Crippen LogP contribution is -2.38. The van der Waals surface area contributed by atoms with Gasteiger partial charge in [0, 0.05) is 18.4 Å². The minimum Gasteiger partial charge on any atom is -0.473 e. The van der Waals surface area contributed by atoms with Gasteiger partial charge >= 0.3 is 5.97 Å². The number of aliphatic hydroxyl groups is 1. The lowest BCUT2D eigenvalue weighted by molar-refractivity contribution is -0.0134. The van der Waals surface area contributed by atoms with Crippen molar-refractivity contribution in [1.29, 1.82) is 5.26 Å². The smallest absolute Gasteiger partial charge is 0.347 e. The van der Waals surface area contributed by atoms with E-state index in [2.05, 4.69) is 9.97 Å². The van der Waals surface area contributed by atoms with Crippen LogP contribution in [0.1, 0.15) is 35.7 Å². The molecule has 3 rings (SSSR count). The summed E-state index contributed by atoms with van der Waals surface area (Å²) in [6.45, 7) is 1.85. The Labute approximate surface area is 150 Å². The second-order valence-corrected chi connectivity index (χ2v) is 5.89. The summed E-state index contributed by atoms with van der Waals surface area (Å²) < 4.78 is 10.8. The number of benzene rings is 1. The SMILES string of the molecule is CCOC(=O)c1c(N)nc(-c2cccc(C#N)c2)nc1O[C@H]1C[C@@H](O)C1. The van der Waals surface area contributed by atoms with Crippen LogP contribution in [0.15, 0.2) is 24.3 Å². The average molecular weight is 354 g/mol. The van der Waals surface area contributed by atoms with Gasteiger partial charge in [0.15, 0.2) is 11.4 Å². The van der Waals surface area contributed by atoms with E-state index in [1.54, 1.807) is 31.2 Å². The Morgan fingerprint density at radius 3 is 2.85 bits per heavy atom. The Kier molecular flexibility index (Phi) is 5.00. The molecule has 0 saturated heterocycles. The van der Waals surface area contributed by atoms with E-state index >= 15 is 0 Å². The summed E-state index contributed by atoms with van der Waals surface area (Å²) in [7, 11) is 0. The second kappa shape index (κ2) is 7.37. The van der Waals surface area contributed by atoms with Crippen LogP contribution in [0.25, 0.3) is 11.4 Å². The predicted octanol–water partition coefficient (Wildman–Crippen LogP) is 1.68. The molecule has 0 spiro atoms. The molecule has 1 aliphatic rings. The summed E-state index contributed by atoms with van der Waals surface area (Å²) in [5.41, 5.74) is 6.97. The van der Waals surface area contributed by atoms with Crippen LogP contribution in [-0.4, -0.2) is 39.9 Å². The number of nitrogen functional groups attached to an aromatic ring is 1. The number of hydrogen-bond acceptors (Lipinski definition) is 8. The first-order valence-electron chi connectivity index (χ1n) is 8.21. The van der Waals surface area contributed by atoms with Gasteiger partial charge in [-0.15, -0.1) is 0 Å². The fourth-order valence-electron chi connectivity index (χ4n) is 2.59. The number of carbonyl (C=O) groups is 1. The molecule has 1 heterocycles. The van der Waals surface area contributed by atoms with Gasteiger partial charge in [0.2, 0.25) is 5.88 Å². The summed E-state index contributed by atoms with van der Waals surface area (Å²) in [5.74, 6) is -0.476. The predicted molar refractivity (Wildman–Crippen MR) is 92.2 cm³/mol. The maximum atomic E-state index is 12.2. The molecular formula is C18H18N4O4. The molecule has 8 heteroatoms. The number of carbonyl (C=O) groups excluding carboxylic acids is 1. The van der Waals surface area contributed by atoms with Gasteiger partial charge in [-0.05, 0) is 19.1 Å². The third-order valence-corrected chi connectivity index (χ3v) is 3.98. The number of anilines is 1. The molecule has 1 aromatic carbocycles. The van der Waals surface area contributed by atoms with Gasteiger partial charge in [-0.1, -0.05) is 12.1 Å². The largest absolute Gasteiger partial charge is 0.473 e. The summed E-state index contributed by atoms with van der Waals surface area (Å²) in [6.07, 6.45) is 0.222. The highest BCUT2D eigenvalue weighted by Gasteiger charge is 2.32. The number of ether oxygens (including phenoxy) is 2. The van der Waals surface area contributed by atoms with Crippen molar-refractivity contribution in [3.8, 4) is 23.3 Å². The van der Waals surface area contributed by atoms with Gasteiger partial charge in [-0.25, -0.2) is 9.78 Å². The molecule has 0 aliphatic heterocycles. The number of aliphatic hydroxyl groups excluding tert-OH is 1. The summed E-state index contributed by atoms with van der Waals surface area (Å²) >= 11 is 0. The molecule has 1 fully saturated rings. The van der Waals surface area contributed by atoms with Crippen LogP contribution in [-0.2, 0) is 4.74 Å². The summed E-state index contributed by atoms with van der Waals surface area (Å²) in [4.78, 5) is 20.7. The Bertz CT molecular complexity index is 872. The van der Waals surface area contributed by atoms with Crippen molar-refractivity contribution in [3.05, 3.63) is 35.4 Å². The van der Waals surface area contributed by atoms with Crippen molar-refractivity contribution >= 4 is 11.8 Å². The lowest BCUT2D eigenvalue weighted by Gasteiger charge is -2.31.